The van der Waals surface area contributed by atoms with E-state index in [1.807, 2.05) is 53.9 Å². The molecule has 5 nitrogen and oxygen atoms in total. The van der Waals surface area contributed by atoms with Gasteiger partial charge in [-0.25, -0.2) is 4.98 Å². The first-order valence-corrected chi connectivity index (χ1v) is 6.67. The summed E-state index contributed by atoms with van der Waals surface area (Å²) < 4.78 is 1.87. The highest BCUT2D eigenvalue weighted by Gasteiger charge is 2.12. The van der Waals surface area contributed by atoms with Gasteiger partial charge in [-0.15, -0.1) is 0 Å². The van der Waals surface area contributed by atoms with Gasteiger partial charge in [0, 0.05) is 24.4 Å². The number of amides is 1. The molecule has 5 heteroatoms. The summed E-state index contributed by atoms with van der Waals surface area (Å²) in [6.07, 6.45) is 1.89. The van der Waals surface area contributed by atoms with Gasteiger partial charge in [0.15, 0.2) is 0 Å². The third kappa shape index (κ3) is 2.33. The Morgan fingerprint density at radius 3 is 2.81 bits per heavy atom. The van der Waals surface area contributed by atoms with Crippen LogP contribution in [-0.2, 0) is 4.79 Å². The Bertz CT molecular complexity index is 835. The highest BCUT2D eigenvalue weighted by molar-refractivity contribution is 5.90. The lowest BCUT2D eigenvalue weighted by molar-refractivity contribution is -0.114. The standard InChI is InChI=1S/C16H16N4O/c1-10-5-4-8-20-15(17)14(19-16(10)20)12-6-3-7-13(9-12)18-11(2)21/h3-9H,17H2,1-2H3,(H,18,21). The number of rotatable bonds is 2. The van der Waals surface area contributed by atoms with Crippen LogP contribution in [0, 0.1) is 6.92 Å². The number of nitrogens with zero attached hydrogens (tertiary/aromatic N) is 2. The lowest BCUT2D eigenvalue weighted by Crippen LogP contribution is -2.05. The van der Waals surface area contributed by atoms with Crippen molar-refractivity contribution >= 4 is 23.1 Å². The number of pyridine rings is 1. The van der Waals surface area contributed by atoms with Gasteiger partial charge in [-0.2, -0.15) is 0 Å². The number of aromatic nitrogens is 2. The molecule has 1 amide bonds. The van der Waals surface area contributed by atoms with Gasteiger partial charge in [-0.1, -0.05) is 18.2 Å². The fraction of sp³-hybridized carbons (Fsp3) is 0.125. The van der Waals surface area contributed by atoms with Crippen LogP contribution in [0.15, 0.2) is 42.6 Å². The van der Waals surface area contributed by atoms with E-state index in [1.165, 1.54) is 6.92 Å². The third-order valence-electron chi connectivity index (χ3n) is 3.34. The van der Waals surface area contributed by atoms with Crippen LogP contribution in [0.2, 0.25) is 0 Å². The van der Waals surface area contributed by atoms with E-state index in [0.717, 1.165) is 28.2 Å². The van der Waals surface area contributed by atoms with E-state index in [0.29, 0.717) is 5.82 Å². The molecular formula is C16H16N4O. The molecule has 3 aromatic rings. The molecule has 0 radical (unpaired) electrons. The van der Waals surface area contributed by atoms with Crippen molar-refractivity contribution in [1.29, 1.82) is 0 Å². The van der Waals surface area contributed by atoms with Crippen molar-refractivity contribution in [3.05, 3.63) is 48.2 Å². The monoisotopic (exact) mass is 280 g/mol. The smallest absolute Gasteiger partial charge is 0.221 e. The second kappa shape index (κ2) is 4.94. The van der Waals surface area contributed by atoms with E-state index >= 15 is 0 Å². The lowest BCUT2D eigenvalue weighted by atomic mass is 10.1. The third-order valence-corrected chi connectivity index (χ3v) is 3.34. The number of carbonyl (C=O) groups excluding carboxylic acids is 1. The number of anilines is 2. The van der Waals surface area contributed by atoms with E-state index in [2.05, 4.69) is 10.3 Å². The summed E-state index contributed by atoms with van der Waals surface area (Å²) in [5.74, 6) is 0.486. The number of nitrogens with two attached hydrogens (primary N) is 1. The lowest BCUT2D eigenvalue weighted by Gasteiger charge is -2.04. The van der Waals surface area contributed by atoms with Gasteiger partial charge in [-0.05, 0) is 30.7 Å². The second-order valence-corrected chi connectivity index (χ2v) is 4.99. The first-order valence-electron chi connectivity index (χ1n) is 6.67. The fourth-order valence-corrected chi connectivity index (χ4v) is 2.38. The van der Waals surface area contributed by atoms with Crippen molar-refractivity contribution in [2.45, 2.75) is 13.8 Å². The molecule has 3 N–H and O–H groups in total. The Labute approximate surface area is 122 Å². The zero-order valence-corrected chi connectivity index (χ0v) is 11.9. The van der Waals surface area contributed by atoms with Crippen molar-refractivity contribution in [2.24, 2.45) is 0 Å². The van der Waals surface area contributed by atoms with E-state index in [9.17, 15) is 4.79 Å². The summed E-state index contributed by atoms with van der Waals surface area (Å²) in [7, 11) is 0. The number of nitrogens with one attached hydrogen (secondary N) is 1. The molecule has 0 saturated heterocycles. The molecular weight excluding hydrogens is 264 g/mol. The van der Waals surface area contributed by atoms with Crippen LogP contribution in [0.1, 0.15) is 12.5 Å². The summed E-state index contributed by atoms with van der Waals surface area (Å²) in [6.45, 7) is 3.48. The molecule has 0 aliphatic heterocycles. The number of fused-ring (bicyclic) bond motifs is 1. The Hall–Kier alpha value is -2.82. The average Bonchev–Trinajstić information content (AvgIpc) is 2.78. The van der Waals surface area contributed by atoms with Crippen LogP contribution in [0.25, 0.3) is 16.9 Å². The minimum absolute atomic E-state index is 0.106. The molecule has 0 aliphatic carbocycles. The maximum Gasteiger partial charge on any atom is 0.221 e. The molecule has 1 aromatic carbocycles. The van der Waals surface area contributed by atoms with E-state index < -0.39 is 0 Å². The van der Waals surface area contributed by atoms with Crippen molar-refractivity contribution < 1.29 is 4.79 Å². The maximum absolute atomic E-state index is 11.2. The quantitative estimate of drug-likeness (QED) is 0.758. The average molecular weight is 280 g/mol. The van der Waals surface area contributed by atoms with Crippen molar-refractivity contribution in [2.75, 3.05) is 11.1 Å². The predicted octanol–water partition coefficient (Wildman–Crippen LogP) is 2.85. The van der Waals surface area contributed by atoms with E-state index in [4.69, 9.17) is 5.73 Å². The number of nitrogen functional groups attached to an aromatic ring is 1. The molecule has 0 unspecified atom stereocenters. The van der Waals surface area contributed by atoms with Crippen LogP contribution in [-0.4, -0.2) is 15.3 Å². The molecule has 3 rings (SSSR count). The van der Waals surface area contributed by atoms with Crippen LogP contribution in [0.3, 0.4) is 0 Å². The predicted molar refractivity (Wildman–Crippen MR) is 84.1 cm³/mol. The van der Waals surface area contributed by atoms with Crippen LogP contribution < -0.4 is 11.1 Å². The molecule has 106 valence electrons. The summed E-state index contributed by atoms with van der Waals surface area (Å²) in [6, 6.07) is 11.4. The van der Waals surface area contributed by atoms with Gasteiger partial charge in [-0.3, -0.25) is 9.20 Å². The summed E-state index contributed by atoms with van der Waals surface area (Å²) in [5, 5.41) is 2.77. The zero-order chi connectivity index (χ0) is 15.0. The zero-order valence-electron chi connectivity index (χ0n) is 11.9. The number of imidazole rings is 1. The summed E-state index contributed by atoms with van der Waals surface area (Å²) in [4.78, 5) is 15.8. The minimum Gasteiger partial charge on any atom is -0.383 e. The van der Waals surface area contributed by atoms with Gasteiger partial charge in [0.1, 0.15) is 17.2 Å². The molecule has 2 heterocycles. The molecule has 2 aromatic heterocycles. The Morgan fingerprint density at radius 2 is 2.10 bits per heavy atom. The Morgan fingerprint density at radius 1 is 1.29 bits per heavy atom. The van der Waals surface area contributed by atoms with Gasteiger partial charge in [0.2, 0.25) is 5.91 Å². The normalized spacial score (nSPS) is 10.8. The Kier molecular flexibility index (Phi) is 3.10. The maximum atomic E-state index is 11.2. The SMILES string of the molecule is CC(=O)Nc1cccc(-c2nc3c(C)cccn3c2N)c1. The second-order valence-electron chi connectivity index (χ2n) is 4.99. The van der Waals surface area contributed by atoms with Gasteiger partial charge < -0.3 is 11.1 Å². The van der Waals surface area contributed by atoms with Crippen LogP contribution in [0.4, 0.5) is 11.5 Å². The van der Waals surface area contributed by atoms with Gasteiger partial charge in [0.05, 0.1) is 0 Å². The van der Waals surface area contributed by atoms with Crippen molar-refractivity contribution in [3.8, 4) is 11.3 Å². The molecule has 21 heavy (non-hydrogen) atoms. The Balaban J connectivity index is 2.14. The van der Waals surface area contributed by atoms with Crippen LogP contribution >= 0.6 is 0 Å². The first kappa shape index (κ1) is 13.2. The molecule has 0 bridgehead atoms. The van der Waals surface area contributed by atoms with Gasteiger partial charge >= 0.3 is 0 Å². The summed E-state index contributed by atoms with van der Waals surface area (Å²) >= 11 is 0. The van der Waals surface area contributed by atoms with E-state index in [1.54, 1.807) is 0 Å². The number of aryl methyl sites for hydroxylation is 1. The minimum atomic E-state index is -0.106. The molecule has 0 spiro atoms. The van der Waals surface area contributed by atoms with Crippen molar-refractivity contribution in [3.63, 3.8) is 0 Å². The van der Waals surface area contributed by atoms with E-state index in [-0.39, 0.29) is 5.91 Å². The molecule has 0 saturated carbocycles. The summed E-state index contributed by atoms with van der Waals surface area (Å²) in [5.41, 5.74) is 10.4. The largest absolute Gasteiger partial charge is 0.383 e. The van der Waals surface area contributed by atoms with Gasteiger partial charge in [0.25, 0.3) is 0 Å². The molecule has 0 atom stereocenters. The topological polar surface area (TPSA) is 72.4 Å². The number of carbonyl (C=O) groups is 1. The molecule has 0 aliphatic rings. The van der Waals surface area contributed by atoms with Crippen molar-refractivity contribution in [1.82, 2.24) is 9.38 Å². The molecule has 0 fully saturated rings. The number of hydrogen-bond donors (Lipinski definition) is 2. The fourth-order valence-electron chi connectivity index (χ4n) is 2.38. The van der Waals surface area contributed by atoms with Crippen LogP contribution in [0.5, 0.6) is 0 Å². The highest BCUT2D eigenvalue weighted by Crippen LogP contribution is 2.29. The highest BCUT2D eigenvalue weighted by atomic mass is 16.1. The first-order chi connectivity index (χ1) is 10.1. The number of hydrogen-bond acceptors (Lipinski definition) is 3. The number of benzene rings is 1.